The van der Waals surface area contributed by atoms with Crippen LogP contribution in [0.15, 0.2) is 0 Å². The summed E-state index contributed by atoms with van der Waals surface area (Å²) in [5.74, 6) is 3.49. The lowest BCUT2D eigenvalue weighted by Crippen LogP contribution is -2.16. The lowest BCUT2D eigenvalue weighted by molar-refractivity contribution is 0.320. The van der Waals surface area contributed by atoms with Gasteiger partial charge in [0.05, 0.1) is 5.69 Å². The molecule has 1 heterocycles. The molecular formula is C16H22N4. The van der Waals surface area contributed by atoms with Gasteiger partial charge < -0.3 is 5.32 Å². The van der Waals surface area contributed by atoms with Crippen LogP contribution in [0.1, 0.15) is 48.9 Å². The summed E-state index contributed by atoms with van der Waals surface area (Å²) in [6.45, 7) is 4.73. The predicted octanol–water partition coefficient (Wildman–Crippen LogP) is 3.20. The lowest BCUT2D eigenvalue weighted by Gasteiger charge is -2.21. The van der Waals surface area contributed by atoms with Gasteiger partial charge in [-0.15, -0.1) is 5.10 Å². The first-order chi connectivity index (χ1) is 9.69. The minimum Gasteiger partial charge on any atom is -0.367 e. The molecule has 0 saturated heterocycles. The van der Waals surface area contributed by atoms with Gasteiger partial charge in [0.2, 0.25) is 0 Å². The summed E-state index contributed by atoms with van der Waals surface area (Å²) in [7, 11) is 0. The van der Waals surface area contributed by atoms with Crippen LogP contribution < -0.4 is 5.32 Å². The number of rotatable bonds is 4. The van der Waals surface area contributed by atoms with Crippen molar-refractivity contribution in [3.05, 3.63) is 16.8 Å². The molecule has 3 atom stereocenters. The summed E-state index contributed by atoms with van der Waals surface area (Å²) in [6.07, 6.45) is 6.95. The molecule has 0 aliphatic heterocycles. The average molecular weight is 270 g/mol. The van der Waals surface area contributed by atoms with E-state index in [1.54, 1.807) is 0 Å². The molecule has 3 rings (SSSR count). The summed E-state index contributed by atoms with van der Waals surface area (Å²) in [5.41, 5.74) is 2.41. The molecule has 0 radical (unpaired) electrons. The van der Waals surface area contributed by atoms with E-state index in [0.29, 0.717) is 11.4 Å². The largest absolute Gasteiger partial charge is 0.367 e. The Hall–Kier alpha value is -1.63. The highest BCUT2D eigenvalue weighted by Gasteiger charge is 2.38. The predicted molar refractivity (Wildman–Crippen MR) is 78.3 cm³/mol. The molecule has 2 aliphatic rings. The summed E-state index contributed by atoms with van der Waals surface area (Å²) in [5, 5.41) is 20.8. The fourth-order valence-electron chi connectivity index (χ4n) is 3.98. The molecule has 4 nitrogen and oxygen atoms in total. The van der Waals surface area contributed by atoms with Crippen LogP contribution in [0.5, 0.6) is 0 Å². The van der Waals surface area contributed by atoms with Crippen LogP contribution in [-0.4, -0.2) is 16.7 Å². The number of aryl methyl sites for hydroxylation is 1. The van der Waals surface area contributed by atoms with E-state index in [1.165, 1.54) is 32.1 Å². The zero-order chi connectivity index (χ0) is 14.1. The summed E-state index contributed by atoms with van der Waals surface area (Å²) in [6, 6.07) is 2.25. The lowest BCUT2D eigenvalue weighted by atomic mass is 9.86. The average Bonchev–Trinajstić information content (AvgIpc) is 3.05. The number of hydrogen-bond donors (Lipinski definition) is 1. The highest BCUT2D eigenvalue weighted by molar-refractivity contribution is 5.55. The number of nitrogens with zero attached hydrogens (tertiary/aromatic N) is 3. The van der Waals surface area contributed by atoms with Crippen molar-refractivity contribution >= 4 is 5.82 Å². The zero-order valence-corrected chi connectivity index (χ0v) is 12.3. The first-order valence-electron chi connectivity index (χ1n) is 7.67. The molecule has 20 heavy (non-hydrogen) atoms. The molecule has 1 aromatic heterocycles. The van der Waals surface area contributed by atoms with Gasteiger partial charge >= 0.3 is 0 Å². The van der Waals surface area contributed by atoms with E-state index in [9.17, 15) is 5.26 Å². The van der Waals surface area contributed by atoms with E-state index in [-0.39, 0.29) is 0 Å². The Morgan fingerprint density at radius 3 is 2.75 bits per heavy atom. The SMILES string of the molecule is Cc1nnc(NCC[C@@H]2C[C@H]3CC[C@H]2C3)c(C#N)c1C. The second-order valence-electron chi connectivity index (χ2n) is 6.40. The molecule has 0 aromatic carbocycles. The van der Waals surface area contributed by atoms with Gasteiger partial charge in [0.15, 0.2) is 5.82 Å². The van der Waals surface area contributed by atoms with Crippen LogP contribution in [0.25, 0.3) is 0 Å². The monoisotopic (exact) mass is 270 g/mol. The van der Waals surface area contributed by atoms with Gasteiger partial charge in [-0.3, -0.25) is 0 Å². The molecular weight excluding hydrogens is 248 g/mol. The van der Waals surface area contributed by atoms with E-state index in [2.05, 4.69) is 21.6 Å². The highest BCUT2D eigenvalue weighted by atomic mass is 15.2. The Morgan fingerprint density at radius 2 is 2.10 bits per heavy atom. The van der Waals surface area contributed by atoms with Crippen LogP contribution in [0, 0.1) is 42.9 Å². The Bertz CT molecular complexity index is 546. The summed E-state index contributed by atoms with van der Waals surface area (Å²) >= 11 is 0. The van der Waals surface area contributed by atoms with Gasteiger partial charge in [0, 0.05) is 6.54 Å². The third-order valence-corrected chi connectivity index (χ3v) is 5.26. The molecule has 1 N–H and O–H groups in total. The van der Waals surface area contributed by atoms with Crippen LogP contribution in [-0.2, 0) is 0 Å². The highest BCUT2D eigenvalue weighted by Crippen LogP contribution is 2.49. The van der Waals surface area contributed by atoms with Gasteiger partial charge in [0.1, 0.15) is 11.6 Å². The summed E-state index contributed by atoms with van der Waals surface area (Å²) in [4.78, 5) is 0. The fraction of sp³-hybridized carbons (Fsp3) is 0.688. The third-order valence-electron chi connectivity index (χ3n) is 5.26. The van der Waals surface area contributed by atoms with Gasteiger partial charge in [-0.25, -0.2) is 0 Å². The van der Waals surface area contributed by atoms with Crippen molar-refractivity contribution < 1.29 is 0 Å². The molecule has 2 saturated carbocycles. The first kappa shape index (κ1) is 13.4. The van der Waals surface area contributed by atoms with Crippen molar-refractivity contribution in [1.82, 2.24) is 10.2 Å². The second-order valence-corrected chi connectivity index (χ2v) is 6.40. The Balaban J connectivity index is 1.59. The maximum Gasteiger partial charge on any atom is 0.166 e. The standard InChI is InChI=1S/C16H22N4/c1-10-11(2)19-20-16(15(10)9-17)18-6-5-14-8-12-3-4-13(14)7-12/h12-14H,3-8H2,1-2H3,(H,18,20)/t12-,13-,14+/m0/s1. The smallest absolute Gasteiger partial charge is 0.166 e. The maximum atomic E-state index is 9.26. The van der Waals surface area contributed by atoms with E-state index >= 15 is 0 Å². The van der Waals surface area contributed by atoms with E-state index in [1.807, 2.05) is 13.8 Å². The van der Waals surface area contributed by atoms with Gasteiger partial charge in [-0.2, -0.15) is 10.4 Å². The van der Waals surface area contributed by atoms with Crippen molar-refractivity contribution in [2.45, 2.75) is 46.0 Å². The third kappa shape index (κ3) is 2.37. The topological polar surface area (TPSA) is 61.6 Å². The van der Waals surface area contributed by atoms with Crippen molar-refractivity contribution in [3.63, 3.8) is 0 Å². The molecule has 2 fully saturated rings. The fourth-order valence-corrected chi connectivity index (χ4v) is 3.98. The second kappa shape index (κ2) is 5.40. The van der Waals surface area contributed by atoms with Crippen molar-refractivity contribution in [2.75, 3.05) is 11.9 Å². The molecule has 4 heteroatoms. The molecule has 106 valence electrons. The summed E-state index contributed by atoms with van der Waals surface area (Å²) < 4.78 is 0. The van der Waals surface area contributed by atoms with Gasteiger partial charge in [-0.05, 0) is 62.8 Å². The minimum atomic E-state index is 0.644. The van der Waals surface area contributed by atoms with E-state index < -0.39 is 0 Å². The number of hydrogen-bond acceptors (Lipinski definition) is 4. The van der Waals surface area contributed by atoms with Crippen LogP contribution >= 0.6 is 0 Å². The van der Waals surface area contributed by atoms with Crippen molar-refractivity contribution in [2.24, 2.45) is 17.8 Å². The van der Waals surface area contributed by atoms with E-state index in [4.69, 9.17) is 0 Å². The zero-order valence-electron chi connectivity index (χ0n) is 12.3. The Kier molecular flexibility index (Phi) is 3.60. The molecule has 2 aliphatic carbocycles. The number of nitrogens with one attached hydrogen (secondary N) is 1. The molecule has 0 unspecified atom stereocenters. The van der Waals surface area contributed by atoms with Crippen LogP contribution in [0.3, 0.4) is 0 Å². The van der Waals surface area contributed by atoms with Gasteiger partial charge in [0.25, 0.3) is 0 Å². The molecule has 0 spiro atoms. The first-order valence-corrected chi connectivity index (χ1v) is 7.67. The number of anilines is 1. The molecule has 1 aromatic rings. The Labute approximate surface area is 120 Å². The van der Waals surface area contributed by atoms with Crippen molar-refractivity contribution in [3.8, 4) is 6.07 Å². The number of nitriles is 1. The van der Waals surface area contributed by atoms with Crippen LogP contribution in [0.4, 0.5) is 5.82 Å². The van der Waals surface area contributed by atoms with Crippen LogP contribution in [0.2, 0.25) is 0 Å². The number of fused-ring (bicyclic) bond motifs is 2. The normalized spacial score (nSPS) is 27.6. The molecule has 2 bridgehead atoms. The quantitative estimate of drug-likeness (QED) is 0.912. The van der Waals surface area contributed by atoms with E-state index in [0.717, 1.165) is 35.6 Å². The van der Waals surface area contributed by atoms with Crippen molar-refractivity contribution in [1.29, 1.82) is 5.26 Å². The van der Waals surface area contributed by atoms with Gasteiger partial charge in [-0.1, -0.05) is 6.42 Å². The Morgan fingerprint density at radius 1 is 1.25 bits per heavy atom. The minimum absolute atomic E-state index is 0.644. The maximum absolute atomic E-state index is 9.26. The molecule has 0 amide bonds. The number of aromatic nitrogens is 2.